The fraction of sp³-hybridized carbons (Fsp3) is 0.294. The van der Waals surface area contributed by atoms with E-state index in [0.29, 0.717) is 22.3 Å². The number of thioether (sulfide) groups is 1. The molecule has 0 radical (unpaired) electrons. The number of hydrogen-bond donors (Lipinski definition) is 0. The second kappa shape index (κ2) is 7.31. The molecule has 1 aromatic rings. The van der Waals surface area contributed by atoms with Gasteiger partial charge in [-0.3, -0.25) is 9.69 Å². The van der Waals surface area contributed by atoms with Crippen molar-refractivity contribution in [3.05, 3.63) is 47.4 Å². The fourth-order valence-corrected chi connectivity index (χ4v) is 5.84. The van der Waals surface area contributed by atoms with Crippen molar-refractivity contribution in [1.82, 2.24) is 4.90 Å². The third-order valence-corrected chi connectivity index (χ3v) is 7.02. The van der Waals surface area contributed by atoms with E-state index in [0.717, 1.165) is 11.3 Å². The molecule has 0 saturated carbocycles. The third kappa shape index (κ3) is 4.13. The number of thiocarbonyl (C=S) groups is 1. The zero-order valence-electron chi connectivity index (χ0n) is 13.4. The molecule has 2 heterocycles. The summed E-state index contributed by atoms with van der Waals surface area (Å²) in [5.74, 6) is 0.604. The molecule has 1 amide bonds. The number of sulfone groups is 1. The van der Waals surface area contributed by atoms with Gasteiger partial charge in [0.25, 0.3) is 5.91 Å². The van der Waals surface area contributed by atoms with Gasteiger partial charge in [0.15, 0.2) is 9.84 Å². The maximum atomic E-state index is 12.6. The lowest BCUT2D eigenvalue weighted by molar-refractivity contribution is -0.123. The van der Waals surface area contributed by atoms with Gasteiger partial charge >= 0.3 is 0 Å². The predicted octanol–water partition coefficient (Wildman–Crippen LogP) is 2.64. The first kappa shape index (κ1) is 18.2. The van der Waals surface area contributed by atoms with Crippen LogP contribution in [-0.2, 0) is 14.6 Å². The zero-order valence-corrected chi connectivity index (χ0v) is 15.8. The van der Waals surface area contributed by atoms with Gasteiger partial charge in [-0.15, -0.1) is 0 Å². The summed E-state index contributed by atoms with van der Waals surface area (Å²) < 4.78 is 29.2. The van der Waals surface area contributed by atoms with Crippen molar-refractivity contribution in [3.8, 4) is 5.75 Å². The quantitative estimate of drug-likeness (QED) is 0.434. The summed E-state index contributed by atoms with van der Waals surface area (Å²) in [4.78, 5) is 14.6. The number of amides is 1. The molecule has 3 rings (SSSR count). The Morgan fingerprint density at radius 2 is 2.08 bits per heavy atom. The number of carbonyl (C=O) groups excluding carboxylic acids is 1. The van der Waals surface area contributed by atoms with Crippen LogP contribution in [0.5, 0.6) is 5.75 Å². The standard InChI is InChI=1S/C17H17NO4S3/c1-2-8-22-14-5-3-12(4-6-14)10-15-16(19)18(17(23)24-15)13-7-9-25(20,21)11-13/h2-6,10,13H,1,7-9,11H2/b15-10+/t13-/m0/s1. The normalized spacial score (nSPS) is 24.1. The molecule has 2 fully saturated rings. The molecule has 132 valence electrons. The molecule has 0 N–H and O–H groups in total. The highest BCUT2D eigenvalue weighted by Crippen LogP contribution is 2.36. The Balaban J connectivity index is 1.75. The number of carbonyl (C=O) groups is 1. The van der Waals surface area contributed by atoms with Crippen molar-refractivity contribution in [2.75, 3.05) is 18.1 Å². The van der Waals surface area contributed by atoms with Crippen LogP contribution in [0.4, 0.5) is 0 Å². The fourth-order valence-electron chi connectivity index (χ4n) is 2.74. The summed E-state index contributed by atoms with van der Waals surface area (Å²) in [7, 11) is -3.07. The van der Waals surface area contributed by atoms with Crippen LogP contribution in [-0.4, -0.2) is 47.7 Å². The molecular weight excluding hydrogens is 378 g/mol. The largest absolute Gasteiger partial charge is 0.490 e. The van der Waals surface area contributed by atoms with Gasteiger partial charge in [-0.2, -0.15) is 0 Å². The van der Waals surface area contributed by atoms with Crippen molar-refractivity contribution >= 4 is 50.1 Å². The molecule has 5 nitrogen and oxygen atoms in total. The van der Waals surface area contributed by atoms with E-state index in [1.54, 1.807) is 12.2 Å². The Hall–Kier alpha value is -1.64. The number of ether oxygens (including phenoxy) is 1. The minimum atomic E-state index is -3.07. The van der Waals surface area contributed by atoms with Crippen LogP contribution in [0.15, 0.2) is 41.8 Å². The molecule has 0 aliphatic carbocycles. The Morgan fingerprint density at radius 1 is 1.36 bits per heavy atom. The van der Waals surface area contributed by atoms with Gasteiger partial charge in [0, 0.05) is 0 Å². The van der Waals surface area contributed by atoms with E-state index in [9.17, 15) is 13.2 Å². The minimum absolute atomic E-state index is 0.0118. The summed E-state index contributed by atoms with van der Waals surface area (Å²) in [6.45, 7) is 4.03. The van der Waals surface area contributed by atoms with E-state index in [-0.39, 0.29) is 23.5 Å². The summed E-state index contributed by atoms with van der Waals surface area (Å²) in [6, 6.07) is 6.99. The van der Waals surface area contributed by atoms with Gasteiger partial charge in [-0.05, 0) is 30.2 Å². The highest BCUT2D eigenvalue weighted by molar-refractivity contribution is 8.26. The summed E-state index contributed by atoms with van der Waals surface area (Å²) in [5.41, 5.74) is 0.852. The molecule has 8 heteroatoms. The molecule has 2 aliphatic heterocycles. The SMILES string of the molecule is C=CCOc1ccc(/C=C2/SC(=S)N([C@H]3CCS(=O)(=O)C3)C2=O)cc1. The van der Waals surface area contributed by atoms with E-state index in [1.165, 1.54) is 16.7 Å². The Kier molecular flexibility index (Phi) is 5.31. The van der Waals surface area contributed by atoms with E-state index in [1.807, 2.05) is 24.3 Å². The van der Waals surface area contributed by atoms with Crippen LogP contribution >= 0.6 is 24.0 Å². The lowest BCUT2D eigenvalue weighted by atomic mass is 10.2. The molecule has 0 bridgehead atoms. The van der Waals surface area contributed by atoms with Crippen molar-refractivity contribution < 1.29 is 17.9 Å². The molecule has 0 spiro atoms. The van der Waals surface area contributed by atoms with Gasteiger partial charge < -0.3 is 4.74 Å². The van der Waals surface area contributed by atoms with Crippen LogP contribution in [0.2, 0.25) is 0 Å². The monoisotopic (exact) mass is 395 g/mol. The molecule has 0 unspecified atom stereocenters. The van der Waals surface area contributed by atoms with Crippen LogP contribution in [0.1, 0.15) is 12.0 Å². The first-order valence-corrected chi connectivity index (χ1v) is 10.8. The van der Waals surface area contributed by atoms with Crippen molar-refractivity contribution in [2.45, 2.75) is 12.5 Å². The average Bonchev–Trinajstić information content (AvgIpc) is 3.05. The van der Waals surface area contributed by atoms with Crippen LogP contribution in [0.25, 0.3) is 6.08 Å². The van der Waals surface area contributed by atoms with Gasteiger partial charge in [0.05, 0.1) is 22.5 Å². The van der Waals surface area contributed by atoms with Crippen LogP contribution in [0, 0.1) is 0 Å². The second-order valence-electron chi connectivity index (χ2n) is 5.78. The van der Waals surface area contributed by atoms with E-state index < -0.39 is 9.84 Å². The van der Waals surface area contributed by atoms with Crippen molar-refractivity contribution in [2.24, 2.45) is 0 Å². The second-order valence-corrected chi connectivity index (χ2v) is 9.68. The molecule has 25 heavy (non-hydrogen) atoms. The number of benzene rings is 1. The van der Waals surface area contributed by atoms with Crippen molar-refractivity contribution in [1.29, 1.82) is 0 Å². The van der Waals surface area contributed by atoms with Crippen LogP contribution < -0.4 is 4.74 Å². The molecule has 2 saturated heterocycles. The maximum Gasteiger partial charge on any atom is 0.266 e. The molecular formula is C17H17NO4S3. The maximum absolute atomic E-state index is 12.6. The lowest BCUT2D eigenvalue weighted by Crippen LogP contribution is -2.39. The highest BCUT2D eigenvalue weighted by atomic mass is 32.2. The smallest absolute Gasteiger partial charge is 0.266 e. The topological polar surface area (TPSA) is 63.7 Å². The zero-order chi connectivity index (χ0) is 18.0. The van der Waals surface area contributed by atoms with Gasteiger partial charge in [-0.25, -0.2) is 8.42 Å². The summed E-state index contributed by atoms with van der Waals surface area (Å²) in [5, 5.41) is 0. The molecule has 1 atom stereocenters. The van der Waals surface area contributed by atoms with Gasteiger partial charge in [-0.1, -0.05) is 48.8 Å². The first-order valence-electron chi connectivity index (χ1n) is 7.71. The average molecular weight is 396 g/mol. The van der Waals surface area contributed by atoms with Crippen LogP contribution in [0.3, 0.4) is 0 Å². The number of rotatable bonds is 5. The third-order valence-electron chi connectivity index (χ3n) is 3.94. The molecule has 1 aromatic carbocycles. The lowest BCUT2D eigenvalue weighted by Gasteiger charge is -2.20. The Labute approximate surface area is 156 Å². The van der Waals surface area contributed by atoms with Gasteiger partial charge in [0.2, 0.25) is 0 Å². The minimum Gasteiger partial charge on any atom is -0.490 e. The Bertz CT molecular complexity index is 843. The van der Waals surface area contributed by atoms with Crippen molar-refractivity contribution in [3.63, 3.8) is 0 Å². The first-order chi connectivity index (χ1) is 11.9. The van der Waals surface area contributed by atoms with E-state index >= 15 is 0 Å². The van der Waals surface area contributed by atoms with Gasteiger partial charge in [0.1, 0.15) is 16.7 Å². The summed E-state index contributed by atoms with van der Waals surface area (Å²) in [6.07, 6.45) is 3.87. The molecule has 0 aromatic heterocycles. The summed E-state index contributed by atoms with van der Waals surface area (Å²) >= 11 is 6.51. The highest BCUT2D eigenvalue weighted by Gasteiger charge is 2.42. The van der Waals surface area contributed by atoms with E-state index in [4.69, 9.17) is 17.0 Å². The number of hydrogen-bond acceptors (Lipinski definition) is 6. The number of nitrogens with zero attached hydrogens (tertiary/aromatic N) is 1. The predicted molar refractivity (Wildman–Crippen MR) is 104 cm³/mol. The Morgan fingerprint density at radius 3 is 2.68 bits per heavy atom. The van der Waals surface area contributed by atoms with E-state index in [2.05, 4.69) is 6.58 Å². The molecule has 2 aliphatic rings.